The lowest BCUT2D eigenvalue weighted by atomic mass is 10.1. The summed E-state index contributed by atoms with van der Waals surface area (Å²) in [5.74, 6) is 0. The minimum atomic E-state index is -0.728. The molecule has 1 aromatic rings. The predicted molar refractivity (Wildman–Crippen MR) is 82.7 cm³/mol. The van der Waals surface area contributed by atoms with Crippen molar-refractivity contribution in [3.05, 3.63) is 33.9 Å². The van der Waals surface area contributed by atoms with Crippen molar-refractivity contribution in [1.29, 1.82) is 0 Å². The second-order valence-corrected chi connectivity index (χ2v) is 5.12. The first-order valence-electron chi connectivity index (χ1n) is 7.14. The number of ether oxygens (including phenoxy) is 1. The fourth-order valence-electron chi connectivity index (χ4n) is 2.18. The van der Waals surface area contributed by atoms with Crippen LogP contribution in [0, 0.1) is 10.1 Å². The van der Waals surface area contributed by atoms with Crippen molar-refractivity contribution in [1.82, 2.24) is 0 Å². The SMILES string of the molecule is CCC(C)N(CCOC)c1ccc([C@H](C)O)cc1[N+](=O)[O-]. The van der Waals surface area contributed by atoms with E-state index >= 15 is 0 Å². The van der Waals surface area contributed by atoms with Gasteiger partial charge in [-0.2, -0.15) is 0 Å². The number of nitro benzene ring substituents is 1. The first-order chi connectivity index (χ1) is 9.92. The Morgan fingerprint density at radius 2 is 2.10 bits per heavy atom. The Balaban J connectivity index is 3.25. The van der Waals surface area contributed by atoms with Gasteiger partial charge < -0.3 is 14.7 Å². The van der Waals surface area contributed by atoms with Crippen LogP contribution in [0.25, 0.3) is 0 Å². The van der Waals surface area contributed by atoms with E-state index in [9.17, 15) is 15.2 Å². The second kappa shape index (κ2) is 7.95. The molecule has 1 rings (SSSR count). The van der Waals surface area contributed by atoms with Gasteiger partial charge in [0.2, 0.25) is 0 Å². The highest BCUT2D eigenvalue weighted by molar-refractivity contribution is 5.65. The standard InChI is InChI=1S/C15H24N2O4/c1-5-11(2)16(8-9-21-4)14-7-6-13(12(3)18)10-15(14)17(19)20/h6-7,10-12,18H,5,8-9H2,1-4H3/t11?,12-/m0/s1. The fraction of sp³-hybridized carbons (Fsp3) is 0.600. The third kappa shape index (κ3) is 4.41. The summed E-state index contributed by atoms with van der Waals surface area (Å²) in [5, 5.41) is 21.0. The van der Waals surface area contributed by atoms with Crippen LogP contribution in [0.4, 0.5) is 11.4 Å². The van der Waals surface area contributed by atoms with E-state index in [0.717, 1.165) is 6.42 Å². The van der Waals surface area contributed by atoms with Gasteiger partial charge in [0.25, 0.3) is 5.69 Å². The number of benzene rings is 1. The number of anilines is 1. The Bertz CT molecular complexity index is 477. The minimum absolute atomic E-state index is 0.0183. The molecule has 0 aliphatic carbocycles. The number of hydrogen-bond donors (Lipinski definition) is 1. The van der Waals surface area contributed by atoms with Crippen LogP contribution in [0.15, 0.2) is 18.2 Å². The average Bonchev–Trinajstić information content (AvgIpc) is 2.46. The molecule has 0 heterocycles. The van der Waals surface area contributed by atoms with Crippen LogP contribution in [0.5, 0.6) is 0 Å². The van der Waals surface area contributed by atoms with Crippen LogP contribution in [-0.2, 0) is 4.74 Å². The quantitative estimate of drug-likeness (QED) is 0.589. The van der Waals surface area contributed by atoms with Gasteiger partial charge >= 0.3 is 0 Å². The van der Waals surface area contributed by atoms with Crippen LogP contribution in [0.2, 0.25) is 0 Å². The lowest BCUT2D eigenvalue weighted by molar-refractivity contribution is -0.384. The van der Waals surface area contributed by atoms with Crippen molar-refractivity contribution in [2.24, 2.45) is 0 Å². The topological polar surface area (TPSA) is 75.8 Å². The Hall–Kier alpha value is -1.66. The lowest BCUT2D eigenvalue weighted by Gasteiger charge is -2.30. The molecule has 0 spiro atoms. The smallest absolute Gasteiger partial charge is 0.292 e. The molecule has 0 saturated heterocycles. The van der Waals surface area contributed by atoms with Gasteiger partial charge in [0.1, 0.15) is 5.69 Å². The first kappa shape index (κ1) is 17.4. The molecular weight excluding hydrogens is 272 g/mol. The van der Waals surface area contributed by atoms with E-state index in [1.165, 1.54) is 6.07 Å². The van der Waals surface area contributed by atoms with Gasteiger partial charge in [0, 0.05) is 25.8 Å². The van der Waals surface area contributed by atoms with Gasteiger partial charge in [-0.25, -0.2) is 0 Å². The number of nitro groups is 1. The van der Waals surface area contributed by atoms with Gasteiger partial charge in [-0.05, 0) is 31.9 Å². The Morgan fingerprint density at radius 3 is 2.57 bits per heavy atom. The summed E-state index contributed by atoms with van der Waals surface area (Å²) in [6.07, 6.45) is 0.146. The number of aliphatic hydroxyl groups is 1. The summed E-state index contributed by atoms with van der Waals surface area (Å²) < 4.78 is 5.10. The van der Waals surface area contributed by atoms with Crippen molar-refractivity contribution in [2.75, 3.05) is 25.2 Å². The van der Waals surface area contributed by atoms with Crippen molar-refractivity contribution in [2.45, 2.75) is 39.3 Å². The monoisotopic (exact) mass is 296 g/mol. The van der Waals surface area contributed by atoms with Crippen molar-refractivity contribution in [3.63, 3.8) is 0 Å². The van der Waals surface area contributed by atoms with E-state index in [1.54, 1.807) is 26.2 Å². The van der Waals surface area contributed by atoms with Crippen LogP contribution in [0.3, 0.4) is 0 Å². The molecule has 0 radical (unpaired) electrons. The van der Waals surface area contributed by atoms with Crippen LogP contribution < -0.4 is 4.90 Å². The molecule has 6 heteroatoms. The molecule has 0 bridgehead atoms. The second-order valence-electron chi connectivity index (χ2n) is 5.12. The summed E-state index contributed by atoms with van der Waals surface area (Å²) in [5.41, 5.74) is 1.13. The Kier molecular flexibility index (Phi) is 6.58. The molecule has 0 aliphatic rings. The number of nitrogens with zero attached hydrogens (tertiary/aromatic N) is 2. The minimum Gasteiger partial charge on any atom is -0.389 e. The molecule has 1 N–H and O–H groups in total. The Morgan fingerprint density at radius 1 is 1.43 bits per heavy atom. The summed E-state index contributed by atoms with van der Waals surface area (Å²) in [7, 11) is 1.61. The zero-order valence-electron chi connectivity index (χ0n) is 13.1. The molecule has 2 atom stereocenters. The molecule has 1 aromatic carbocycles. The number of hydrogen-bond acceptors (Lipinski definition) is 5. The molecule has 118 valence electrons. The molecule has 6 nitrogen and oxygen atoms in total. The van der Waals surface area contributed by atoms with E-state index in [4.69, 9.17) is 4.74 Å². The molecule has 21 heavy (non-hydrogen) atoms. The molecular formula is C15H24N2O4. The molecule has 0 saturated carbocycles. The van der Waals surface area contributed by atoms with Gasteiger partial charge in [0.05, 0.1) is 17.6 Å². The maximum absolute atomic E-state index is 11.4. The maximum Gasteiger partial charge on any atom is 0.292 e. The largest absolute Gasteiger partial charge is 0.389 e. The van der Waals surface area contributed by atoms with Gasteiger partial charge in [-0.15, -0.1) is 0 Å². The van der Waals surface area contributed by atoms with E-state index in [-0.39, 0.29) is 11.7 Å². The lowest BCUT2D eigenvalue weighted by Crippen LogP contribution is -2.35. The van der Waals surface area contributed by atoms with Crippen molar-refractivity contribution in [3.8, 4) is 0 Å². The highest BCUT2D eigenvalue weighted by atomic mass is 16.6. The molecule has 0 aliphatic heterocycles. The number of methoxy groups -OCH3 is 1. The highest BCUT2D eigenvalue weighted by Gasteiger charge is 2.23. The van der Waals surface area contributed by atoms with Crippen LogP contribution >= 0.6 is 0 Å². The predicted octanol–water partition coefficient (Wildman–Crippen LogP) is 2.90. The average molecular weight is 296 g/mol. The normalized spacial score (nSPS) is 13.8. The molecule has 0 aromatic heterocycles. The van der Waals surface area contributed by atoms with E-state index in [0.29, 0.717) is 24.4 Å². The summed E-state index contributed by atoms with van der Waals surface area (Å²) in [4.78, 5) is 12.9. The van der Waals surface area contributed by atoms with E-state index in [1.807, 2.05) is 18.7 Å². The van der Waals surface area contributed by atoms with Crippen molar-refractivity contribution < 1.29 is 14.8 Å². The van der Waals surface area contributed by atoms with Crippen molar-refractivity contribution >= 4 is 11.4 Å². The molecule has 0 amide bonds. The zero-order valence-corrected chi connectivity index (χ0v) is 13.1. The molecule has 1 unspecified atom stereocenters. The van der Waals surface area contributed by atoms with E-state index < -0.39 is 11.0 Å². The summed E-state index contributed by atoms with van der Waals surface area (Å²) in [6.45, 7) is 6.75. The van der Waals surface area contributed by atoms with Gasteiger partial charge in [0.15, 0.2) is 0 Å². The number of aliphatic hydroxyl groups excluding tert-OH is 1. The van der Waals surface area contributed by atoms with E-state index in [2.05, 4.69) is 0 Å². The van der Waals surface area contributed by atoms with Crippen LogP contribution in [0.1, 0.15) is 38.9 Å². The third-order valence-corrected chi connectivity index (χ3v) is 3.65. The fourth-order valence-corrected chi connectivity index (χ4v) is 2.18. The summed E-state index contributed by atoms with van der Waals surface area (Å²) in [6, 6.07) is 5.05. The van der Waals surface area contributed by atoms with Crippen LogP contribution in [-0.4, -0.2) is 36.3 Å². The number of rotatable bonds is 8. The Labute approximate surface area is 125 Å². The summed E-state index contributed by atoms with van der Waals surface area (Å²) >= 11 is 0. The zero-order chi connectivity index (χ0) is 16.0. The maximum atomic E-state index is 11.4. The molecule has 0 fully saturated rings. The van der Waals surface area contributed by atoms with Gasteiger partial charge in [-0.3, -0.25) is 10.1 Å². The highest BCUT2D eigenvalue weighted by Crippen LogP contribution is 2.32. The first-order valence-corrected chi connectivity index (χ1v) is 7.14. The van der Waals surface area contributed by atoms with Gasteiger partial charge in [-0.1, -0.05) is 13.0 Å². The third-order valence-electron chi connectivity index (χ3n) is 3.65.